The van der Waals surface area contributed by atoms with Crippen LogP contribution in [0.25, 0.3) is 0 Å². The summed E-state index contributed by atoms with van der Waals surface area (Å²) in [7, 11) is 0. The molecule has 4 N–H and O–H groups in total. The van der Waals surface area contributed by atoms with Gasteiger partial charge in [0, 0.05) is 25.0 Å². The number of nitrogens with one attached hydrogen (secondary N) is 1. The predicted molar refractivity (Wildman–Crippen MR) is 91.1 cm³/mol. The van der Waals surface area contributed by atoms with Crippen molar-refractivity contribution in [3.63, 3.8) is 0 Å². The van der Waals surface area contributed by atoms with Crippen LogP contribution >= 0.6 is 12.4 Å². The minimum Gasteiger partial charge on any atom is -0.391 e. The monoisotopic (exact) mass is 336 g/mol. The summed E-state index contributed by atoms with van der Waals surface area (Å²) in [5.41, 5.74) is 4.99. The van der Waals surface area contributed by atoms with Gasteiger partial charge in [-0.3, -0.25) is 4.79 Å². The van der Waals surface area contributed by atoms with Gasteiger partial charge in [0.15, 0.2) is 0 Å². The Morgan fingerprint density at radius 3 is 2.32 bits per heavy atom. The lowest BCUT2D eigenvalue weighted by Gasteiger charge is -2.57. The molecule has 3 atom stereocenters. The van der Waals surface area contributed by atoms with Crippen LogP contribution in [0.15, 0.2) is 0 Å². The van der Waals surface area contributed by atoms with E-state index in [9.17, 15) is 9.90 Å². The maximum absolute atomic E-state index is 12.4. The number of aliphatic hydroxyl groups is 1. The molecule has 1 aliphatic carbocycles. The van der Waals surface area contributed by atoms with Crippen LogP contribution in [0.3, 0.4) is 0 Å². The second kappa shape index (κ2) is 8.48. The molecule has 3 unspecified atom stereocenters. The Labute approximate surface area is 140 Å². The maximum Gasteiger partial charge on any atom is 0.240 e. The molecular weight excluding hydrogens is 304 g/mol. The molecule has 0 saturated heterocycles. The van der Waals surface area contributed by atoms with Crippen molar-refractivity contribution in [2.45, 2.75) is 71.6 Å². The van der Waals surface area contributed by atoms with Gasteiger partial charge in [-0.05, 0) is 12.8 Å². The number of halogens is 1. The van der Waals surface area contributed by atoms with Crippen molar-refractivity contribution in [1.29, 1.82) is 0 Å². The molecule has 0 aromatic carbocycles. The number of ether oxygens (including phenoxy) is 1. The third-order valence-corrected chi connectivity index (χ3v) is 5.30. The Balaban J connectivity index is 0.00000441. The third-order valence-electron chi connectivity index (χ3n) is 5.30. The number of rotatable bonds is 8. The van der Waals surface area contributed by atoms with Gasteiger partial charge < -0.3 is 20.9 Å². The van der Waals surface area contributed by atoms with Crippen molar-refractivity contribution in [2.75, 3.05) is 13.2 Å². The van der Waals surface area contributed by atoms with E-state index in [2.05, 4.69) is 5.32 Å². The summed E-state index contributed by atoms with van der Waals surface area (Å²) >= 11 is 0. The van der Waals surface area contributed by atoms with Gasteiger partial charge >= 0.3 is 0 Å². The Hall–Kier alpha value is -0.360. The van der Waals surface area contributed by atoms with E-state index >= 15 is 0 Å². The SMILES string of the molecule is CCOC1CC(N)(C(=O)NCC(O)C(CC)CC)C1(C)C.Cl. The maximum atomic E-state index is 12.4. The van der Waals surface area contributed by atoms with Gasteiger partial charge in [0.2, 0.25) is 5.91 Å². The van der Waals surface area contributed by atoms with E-state index in [1.54, 1.807) is 0 Å². The van der Waals surface area contributed by atoms with Gasteiger partial charge in [-0.1, -0.05) is 40.5 Å². The van der Waals surface area contributed by atoms with Crippen molar-refractivity contribution >= 4 is 18.3 Å². The molecule has 0 aliphatic heterocycles. The van der Waals surface area contributed by atoms with Crippen molar-refractivity contribution in [3.8, 4) is 0 Å². The Morgan fingerprint density at radius 2 is 1.91 bits per heavy atom. The molecule has 1 amide bonds. The largest absolute Gasteiger partial charge is 0.391 e. The standard InChI is InChI=1S/C16H32N2O3.ClH/c1-6-11(7-2)12(19)10-18-14(20)16(17)9-13(21-8-3)15(16,4)5;/h11-13,19H,6-10,17H2,1-5H3,(H,18,20);1H. The molecule has 6 heteroatoms. The highest BCUT2D eigenvalue weighted by Crippen LogP contribution is 2.49. The highest BCUT2D eigenvalue weighted by atomic mass is 35.5. The third kappa shape index (κ3) is 3.94. The second-order valence-corrected chi connectivity index (χ2v) is 6.70. The quantitative estimate of drug-likeness (QED) is 0.631. The van der Waals surface area contributed by atoms with Crippen LogP contribution in [0.1, 0.15) is 53.9 Å². The molecule has 0 spiro atoms. The fourth-order valence-corrected chi connectivity index (χ4v) is 3.18. The van der Waals surface area contributed by atoms with Crippen molar-refractivity contribution in [1.82, 2.24) is 5.32 Å². The first-order valence-corrected chi connectivity index (χ1v) is 8.11. The molecule has 132 valence electrons. The molecule has 5 nitrogen and oxygen atoms in total. The summed E-state index contributed by atoms with van der Waals surface area (Å²) in [6, 6.07) is 0. The summed E-state index contributed by atoms with van der Waals surface area (Å²) in [6.45, 7) is 10.9. The number of hydrogen-bond acceptors (Lipinski definition) is 4. The highest BCUT2D eigenvalue weighted by Gasteiger charge is 2.62. The lowest BCUT2D eigenvalue weighted by Crippen LogP contribution is -2.76. The second-order valence-electron chi connectivity index (χ2n) is 6.70. The molecule has 0 radical (unpaired) electrons. The minimum absolute atomic E-state index is 0. The van der Waals surface area contributed by atoms with Gasteiger partial charge in [0.05, 0.1) is 12.2 Å². The lowest BCUT2D eigenvalue weighted by atomic mass is 9.54. The summed E-state index contributed by atoms with van der Waals surface area (Å²) in [5, 5.41) is 12.9. The van der Waals surface area contributed by atoms with E-state index in [4.69, 9.17) is 10.5 Å². The summed E-state index contributed by atoms with van der Waals surface area (Å²) < 4.78 is 5.63. The number of amides is 1. The van der Waals surface area contributed by atoms with Crippen LogP contribution in [-0.4, -0.2) is 41.9 Å². The predicted octanol–water partition coefficient (Wildman–Crippen LogP) is 1.85. The molecule has 1 saturated carbocycles. The van der Waals surface area contributed by atoms with Gasteiger partial charge in [-0.25, -0.2) is 0 Å². The van der Waals surface area contributed by atoms with E-state index in [0.29, 0.717) is 13.0 Å². The van der Waals surface area contributed by atoms with Gasteiger partial charge in [-0.15, -0.1) is 12.4 Å². The van der Waals surface area contributed by atoms with Crippen LogP contribution in [0.2, 0.25) is 0 Å². The number of carbonyl (C=O) groups is 1. The zero-order chi connectivity index (χ0) is 16.3. The van der Waals surface area contributed by atoms with Crippen LogP contribution < -0.4 is 11.1 Å². The minimum atomic E-state index is -0.916. The van der Waals surface area contributed by atoms with Gasteiger partial charge in [0.1, 0.15) is 5.54 Å². The van der Waals surface area contributed by atoms with Crippen molar-refractivity contribution < 1.29 is 14.6 Å². The molecular formula is C16H33ClN2O3. The van der Waals surface area contributed by atoms with Crippen LogP contribution in [-0.2, 0) is 9.53 Å². The molecule has 0 heterocycles. The molecule has 1 aliphatic rings. The molecule has 22 heavy (non-hydrogen) atoms. The van der Waals surface area contributed by atoms with Crippen LogP contribution in [0, 0.1) is 11.3 Å². The average molecular weight is 337 g/mol. The van der Waals surface area contributed by atoms with Crippen LogP contribution in [0.5, 0.6) is 0 Å². The smallest absolute Gasteiger partial charge is 0.240 e. The van der Waals surface area contributed by atoms with E-state index < -0.39 is 17.1 Å². The normalized spacial score (nSPS) is 27.7. The highest BCUT2D eigenvalue weighted by molar-refractivity contribution is 5.88. The van der Waals surface area contributed by atoms with E-state index in [-0.39, 0.29) is 36.9 Å². The zero-order valence-corrected chi connectivity index (χ0v) is 15.3. The molecule has 1 fully saturated rings. The Bertz CT molecular complexity index is 361. The summed E-state index contributed by atoms with van der Waals surface area (Å²) in [6.07, 6.45) is 1.83. The van der Waals surface area contributed by atoms with Crippen molar-refractivity contribution in [2.24, 2.45) is 17.1 Å². The van der Waals surface area contributed by atoms with E-state index in [1.807, 2.05) is 34.6 Å². The number of nitrogens with two attached hydrogens (primary N) is 1. The first kappa shape index (κ1) is 21.6. The molecule has 1 rings (SSSR count). The van der Waals surface area contributed by atoms with Gasteiger partial charge in [0.25, 0.3) is 0 Å². The van der Waals surface area contributed by atoms with Gasteiger partial charge in [-0.2, -0.15) is 0 Å². The number of hydrogen-bond donors (Lipinski definition) is 3. The molecule has 0 bridgehead atoms. The van der Waals surface area contributed by atoms with Crippen molar-refractivity contribution in [3.05, 3.63) is 0 Å². The Morgan fingerprint density at radius 1 is 1.36 bits per heavy atom. The Kier molecular flexibility index (Phi) is 8.34. The average Bonchev–Trinajstić information content (AvgIpc) is 2.45. The summed E-state index contributed by atoms with van der Waals surface area (Å²) in [5.74, 6) is 0.0260. The van der Waals surface area contributed by atoms with E-state index in [1.165, 1.54) is 0 Å². The summed E-state index contributed by atoms with van der Waals surface area (Å²) in [4.78, 5) is 12.4. The molecule has 0 aromatic rings. The first-order chi connectivity index (χ1) is 9.74. The lowest BCUT2D eigenvalue weighted by molar-refractivity contribution is -0.171. The topological polar surface area (TPSA) is 84.6 Å². The first-order valence-electron chi connectivity index (χ1n) is 8.11. The fourth-order valence-electron chi connectivity index (χ4n) is 3.18. The van der Waals surface area contributed by atoms with E-state index in [0.717, 1.165) is 12.8 Å². The fraction of sp³-hybridized carbons (Fsp3) is 0.938. The number of carbonyl (C=O) groups excluding carboxylic acids is 1. The molecule has 0 aromatic heterocycles. The zero-order valence-electron chi connectivity index (χ0n) is 14.5. The van der Waals surface area contributed by atoms with Crippen LogP contribution in [0.4, 0.5) is 0 Å². The number of aliphatic hydroxyl groups excluding tert-OH is 1.